The maximum Gasteiger partial charge on any atom is 0.254 e. The van der Waals surface area contributed by atoms with Crippen LogP contribution in [0.25, 0.3) is 22.2 Å². The van der Waals surface area contributed by atoms with Gasteiger partial charge < -0.3 is 9.42 Å². The third-order valence-electron chi connectivity index (χ3n) is 5.55. The van der Waals surface area contributed by atoms with Crippen molar-refractivity contribution in [3.8, 4) is 11.4 Å². The van der Waals surface area contributed by atoms with Crippen molar-refractivity contribution in [1.82, 2.24) is 15.0 Å². The van der Waals surface area contributed by atoms with Gasteiger partial charge in [0.15, 0.2) is 0 Å². The van der Waals surface area contributed by atoms with Crippen LogP contribution in [-0.2, 0) is 0 Å². The quantitative estimate of drug-likeness (QED) is 0.489. The monoisotopic (exact) mass is 383 g/mol. The van der Waals surface area contributed by atoms with E-state index >= 15 is 0 Å². The van der Waals surface area contributed by atoms with Crippen LogP contribution in [0.15, 0.2) is 71.3 Å². The van der Waals surface area contributed by atoms with Crippen molar-refractivity contribution in [2.75, 3.05) is 6.54 Å². The van der Waals surface area contributed by atoms with Gasteiger partial charge in [-0.3, -0.25) is 4.79 Å². The van der Waals surface area contributed by atoms with E-state index in [1.54, 1.807) is 0 Å². The van der Waals surface area contributed by atoms with Crippen LogP contribution < -0.4 is 0 Å². The predicted octanol–water partition coefficient (Wildman–Crippen LogP) is 5.18. The number of rotatable bonds is 3. The lowest BCUT2D eigenvalue weighted by atomic mass is 10.1. The summed E-state index contributed by atoms with van der Waals surface area (Å²) in [4.78, 5) is 19.7. The number of aryl methyl sites for hydroxylation is 1. The van der Waals surface area contributed by atoms with Gasteiger partial charge in [0.05, 0.1) is 0 Å². The number of amides is 1. The molecule has 5 nitrogen and oxygen atoms in total. The van der Waals surface area contributed by atoms with Crippen LogP contribution in [-0.4, -0.2) is 27.5 Å². The third-order valence-corrected chi connectivity index (χ3v) is 5.55. The Morgan fingerprint density at radius 1 is 1.03 bits per heavy atom. The van der Waals surface area contributed by atoms with Gasteiger partial charge in [0.1, 0.15) is 6.04 Å². The SMILES string of the molecule is Cc1ccc(-c2noc(C3CCCN3C(=O)c3ccc4ccccc4c3)n2)cc1. The zero-order valence-corrected chi connectivity index (χ0v) is 16.2. The minimum atomic E-state index is -0.180. The van der Waals surface area contributed by atoms with E-state index in [-0.39, 0.29) is 11.9 Å². The molecular weight excluding hydrogens is 362 g/mol. The molecule has 4 aromatic rings. The maximum atomic E-state index is 13.2. The predicted molar refractivity (Wildman–Crippen MR) is 111 cm³/mol. The minimum absolute atomic E-state index is 0.00772. The van der Waals surface area contributed by atoms with Crippen molar-refractivity contribution < 1.29 is 9.32 Å². The lowest BCUT2D eigenvalue weighted by Crippen LogP contribution is -2.30. The zero-order chi connectivity index (χ0) is 19.8. The molecule has 5 rings (SSSR count). The first kappa shape index (κ1) is 17.6. The Morgan fingerprint density at radius 3 is 2.66 bits per heavy atom. The lowest BCUT2D eigenvalue weighted by Gasteiger charge is -2.22. The fourth-order valence-corrected chi connectivity index (χ4v) is 3.95. The first-order valence-corrected chi connectivity index (χ1v) is 9.89. The Morgan fingerprint density at radius 2 is 1.83 bits per heavy atom. The summed E-state index contributed by atoms with van der Waals surface area (Å²) in [5.74, 6) is 1.07. The molecule has 3 aromatic carbocycles. The van der Waals surface area contributed by atoms with Gasteiger partial charge in [-0.25, -0.2) is 0 Å². The van der Waals surface area contributed by atoms with E-state index < -0.39 is 0 Å². The fraction of sp³-hybridized carbons (Fsp3) is 0.208. The van der Waals surface area contributed by atoms with Gasteiger partial charge in [-0.2, -0.15) is 4.98 Å². The number of carbonyl (C=O) groups excluding carboxylic acids is 1. The molecule has 2 heterocycles. The summed E-state index contributed by atoms with van der Waals surface area (Å²) in [6.07, 6.45) is 1.75. The summed E-state index contributed by atoms with van der Waals surface area (Å²) in [5.41, 5.74) is 2.78. The molecule has 1 amide bonds. The highest BCUT2D eigenvalue weighted by atomic mass is 16.5. The van der Waals surface area contributed by atoms with Crippen molar-refractivity contribution in [3.05, 3.63) is 83.7 Å². The Balaban J connectivity index is 1.42. The average Bonchev–Trinajstić information content (AvgIpc) is 3.43. The highest BCUT2D eigenvalue weighted by Gasteiger charge is 2.34. The highest BCUT2D eigenvalue weighted by molar-refractivity contribution is 5.98. The Kier molecular flexibility index (Phi) is 4.35. The molecule has 0 radical (unpaired) electrons. The van der Waals surface area contributed by atoms with Crippen LogP contribution in [0.2, 0.25) is 0 Å². The first-order valence-electron chi connectivity index (χ1n) is 9.89. The first-order chi connectivity index (χ1) is 14.2. The van der Waals surface area contributed by atoms with E-state index in [0.29, 0.717) is 23.8 Å². The highest BCUT2D eigenvalue weighted by Crippen LogP contribution is 2.33. The number of hydrogen-bond donors (Lipinski definition) is 0. The molecule has 1 aliphatic heterocycles. The minimum Gasteiger partial charge on any atom is -0.337 e. The molecule has 1 fully saturated rings. The molecular formula is C24H21N3O2. The summed E-state index contributed by atoms with van der Waals surface area (Å²) >= 11 is 0. The van der Waals surface area contributed by atoms with Crippen LogP contribution in [0.5, 0.6) is 0 Å². The van der Waals surface area contributed by atoms with Crippen LogP contribution >= 0.6 is 0 Å². The van der Waals surface area contributed by atoms with Crippen LogP contribution in [0.4, 0.5) is 0 Å². The standard InChI is InChI=1S/C24H21N3O2/c1-16-8-10-18(11-9-16)22-25-23(29-26-22)21-7-4-14-27(21)24(28)20-13-12-17-5-2-3-6-19(17)15-20/h2-3,5-6,8-13,15,21H,4,7,14H2,1H3. The second-order valence-electron chi connectivity index (χ2n) is 7.54. The lowest BCUT2D eigenvalue weighted by molar-refractivity contribution is 0.0710. The summed E-state index contributed by atoms with van der Waals surface area (Å²) in [7, 11) is 0. The van der Waals surface area contributed by atoms with Crippen LogP contribution in [0, 0.1) is 6.92 Å². The van der Waals surface area contributed by atoms with Crippen molar-refractivity contribution >= 4 is 16.7 Å². The van der Waals surface area contributed by atoms with Gasteiger partial charge in [-0.15, -0.1) is 0 Å². The number of fused-ring (bicyclic) bond motifs is 1. The van der Waals surface area contributed by atoms with Gasteiger partial charge in [0.2, 0.25) is 11.7 Å². The molecule has 1 aromatic heterocycles. The third kappa shape index (κ3) is 3.29. The molecule has 0 spiro atoms. The molecule has 1 unspecified atom stereocenters. The number of nitrogens with zero attached hydrogens (tertiary/aromatic N) is 3. The molecule has 144 valence electrons. The number of carbonyl (C=O) groups is 1. The summed E-state index contributed by atoms with van der Waals surface area (Å²) < 4.78 is 5.56. The molecule has 1 aliphatic rings. The molecule has 0 saturated carbocycles. The van der Waals surface area contributed by atoms with Gasteiger partial charge in [-0.1, -0.05) is 65.3 Å². The van der Waals surface area contributed by atoms with E-state index in [1.165, 1.54) is 5.56 Å². The second-order valence-corrected chi connectivity index (χ2v) is 7.54. The normalized spacial score (nSPS) is 16.4. The smallest absolute Gasteiger partial charge is 0.254 e. The molecule has 5 heteroatoms. The van der Waals surface area contributed by atoms with Gasteiger partial charge >= 0.3 is 0 Å². The van der Waals surface area contributed by atoms with Gasteiger partial charge in [0, 0.05) is 17.7 Å². The number of benzene rings is 3. The number of hydrogen-bond acceptors (Lipinski definition) is 4. The van der Waals surface area contributed by atoms with E-state index in [1.807, 2.05) is 78.6 Å². The molecule has 0 aliphatic carbocycles. The Bertz CT molecular complexity index is 1180. The zero-order valence-electron chi connectivity index (χ0n) is 16.2. The van der Waals surface area contributed by atoms with Crippen molar-refractivity contribution in [2.45, 2.75) is 25.8 Å². The molecule has 29 heavy (non-hydrogen) atoms. The number of likely N-dealkylation sites (tertiary alicyclic amines) is 1. The molecule has 0 bridgehead atoms. The summed E-state index contributed by atoms with van der Waals surface area (Å²) in [5, 5.41) is 6.33. The molecule has 1 saturated heterocycles. The van der Waals surface area contributed by atoms with E-state index in [9.17, 15) is 4.79 Å². The molecule has 1 atom stereocenters. The van der Waals surface area contributed by atoms with Crippen LogP contribution in [0.3, 0.4) is 0 Å². The maximum absolute atomic E-state index is 13.2. The average molecular weight is 383 g/mol. The van der Waals surface area contributed by atoms with Crippen LogP contribution in [0.1, 0.15) is 40.7 Å². The van der Waals surface area contributed by atoms with Crippen molar-refractivity contribution in [2.24, 2.45) is 0 Å². The van der Waals surface area contributed by atoms with Crippen molar-refractivity contribution in [3.63, 3.8) is 0 Å². The Hall–Kier alpha value is -3.47. The molecule has 0 N–H and O–H groups in total. The summed E-state index contributed by atoms with van der Waals surface area (Å²) in [6, 6.07) is 21.7. The van der Waals surface area contributed by atoms with E-state index in [2.05, 4.69) is 10.1 Å². The van der Waals surface area contributed by atoms with Gasteiger partial charge in [0.25, 0.3) is 5.91 Å². The summed E-state index contributed by atoms with van der Waals surface area (Å²) in [6.45, 7) is 2.73. The Labute approximate surface area is 169 Å². The number of aromatic nitrogens is 2. The van der Waals surface area contributed by atoms with Crippen molar-refractivity contribution in [1.29, 1.82) is 0 Å². The van der Waals surface area contributed by atoms with Gasteiger partial charge in [-0.05, 0) is 42.7 Å². The second kappa shape index (κ2) is 7.17. The van der Waals surface area contributed by atoms with E-state index in [0.717, 1.165) is 29.2 Å². The fourth-order valence-electron chi connectivity index (χ4n) is 3.95. The topological polar surface area (TPSA) is 59.2 Å². The largest absolute Gasteiger partial charge is 0.337 e. The van der Waals surface area contributed by atoms with E-state index in [4.69, 9.17) is 4.52 Å².